The number of phenols is 1. The number of rotatable bonds is 3. The average Bonchev–Trinajstić information content (AvgIpc) is 2.63. The van der Waals surface area contributed by atoms with Crippen LogP contribution in [0.15, 0.2) is 24.3 Å². The van der Waals surface area contributed by atoms with E-state index in [1.54, 1.807) is 29.2 Å². The molecule has 0 spiro atoms. The minimum atomic E-state index is -0.330. The molecule has 86 valence electrons. The first kappa shape index (κ1) is 10.8. The van der Waals surface area contributed by atoms with Crippen molar-refractivity contribution < 1.29 is 14.6 Å². The Morgan fingerprint density at radius 2 is 2.12 bits per heavy atom. The highest BCUT2D eigenvalue weighted by molar-refractivity contribution is 5.69. The van der Waals surface area contributed by atoms with Gasteiger partial charge in [-0.3, -0.25) is 0 Å². The number of hydrogen-bond acceptors (Lipinski definition) is 4. The Morgan fingerprint density at radius 3 is 2.69 bits per heavy atom. The number of nitrogens with two attached hydrogens (primary N) is 1. The third-order valence-electron chi connectivity index (χ3n) is 2.52. The Hall–Kier alpha value is -1.75. The lowest BCUT2D eigenvalue weighted by Crippen LogP contribution is -2.27. The van der Waals surface area contributed by atoms with E-state index in [0.29, 0.717) is 19.6 Å². The maximum atomic E-state index is 11.4. The summed E-state index contributed by atoms with van der Waals surface area (Å²) in [6, 6.07) is 6.74. The van der Waals surface area contributed by atoms with Crippen LogP contribution in [-0.4, -0.2) is 35.3 Å². The SMILES string of the molecule is NC[C@H]1CN(Cc2ccc(O)cc2)C(=O)O1. The first-order chi connectivity index (χ1) is 7.69. The summed E-state index contributed by atoms with van der Waals surface area (Å²) in [6.45, 7) is 1.35. The fourth-order valence-corrected chi connectivity index (χ4v) is 1.65. The summed E-state index contributed by atoms with van der Waals surface area (Å²) in [5, 5.41) is 9.13. The highest BCUT2D eigenvalue weighted by Crippen LogP contribution is 2.16. The highest BCUT2D eigenvalue weighted by atomic mass is 16.6. The molecule has 1 aromatic rings. The number of nitrogens with zero attached hydrogens (tertiary/aromatic N) is 1. The quantitative estimate of drug-likeness (QED) is 0.788. The number of benzene rings is 1. The lowest BCUT2D eigenvalue weighted by Gasteiger charge is -2.12. The highest BCUT2D eigenvalue weighted by Gasteiger charge is 2.29. The molecule has 3 N–H and O–H groups in total. The predicted octanol–water partition coefficient (Wildman–Crippen LogP) is 0.672. The Balaban J connectivity index is 2.00. The molecule has 2 rings (SSSR count). The van der Waals surface area contributed by atoms with E-state index in [4.69, 9.17) is 15.6 Å². The van der Waals surface area contributed by atoms with Crippen LogP contribution < -0.4 is 5.73 Å². The summed E-state index contributed by atoms with van der Waals surface area (Å²) in [5.74, 6) is 0.215. The van der Waals surface area contributed by atoms with Crippen molar-refractivity contribution in [3.05, 3.63) is 29.8 Å². The number of phenolic OH excluding ortho intramolecular Hbond substituents is 1. The van der Waals surface area contributed by atoms with Crippen LogP contribution in [0.25, 0.3) is 0 Å². The van der Waals surface area contributed by atoms with E-state index in [2.05, 4.69) is 0 Å². The van der Waals surface area contributed by atoms with Gasteiger partial charge in [0.2, 0.25) is 0 Å². The molecular formula is C11H14N2O3. The molecule has 1 amide bonds. The maximum absolute atomic E-state index is 11.4. The van der Waals surface area contributed by atoms with Crippen molar-refractivity contribution in [3.8, 4) is 5.75 Å². The van der Waals surface area contributed by atoms with E-state index < -0.39 is 0 Å². The van der Waals surface area contributed by atoms with Gasteiger partial charge in [-0.15, -0.1) is 0 Å². The van der Waals surface area contributed by atoms with Crippen LogP contribution in [0, 0.1) is 0 Å². The molecule has 0 bridgehead atoms. The van der Waals surface area contributed by atoms with E-state index in [9.17, 15) is 4.79 Å². The monoisotopic (exact) mass is 222 g/mol. The normalized spacial score (nSPS) is 19.9. The van der Waals surface area contributed by atoms with E-state index in [1.807, 2.05) is 0 Å². The second-order valence-corrected chi connectivity index (χ2v) is 3.79. The van der Waals surface area contributed by atoms with Gasteiger partial charge in [-0.25, -0.2) is 4.79 Å². The second-order valence-electron chi connectivity index (χ2n) is 3.79. The molecule has 1 heterocycles. The van der Waals surface area contributed by atoms with Gasteiger partial charge in [0.25, 0.3) is 0 Å². The lowest BCUT2D eigenvalue weighted by atomic mass is 10.2. The molecule has 1 atom stereocenters. The molecule has 1 aliphatic heterocycles. The Bertz CT molecular complexity index is 377. The molecule has 1 saturated heterocycles. The zero-order chi connectivity index (χ0) is 11.5. The lowest BCUT2D eigenvalue weighted by molar-refractivity contribution is 0.134. The topological polar surface area (TPSA) is 75.8 Å². The Kier molecular flexibility index (Phi) is 2.96. The van der Waals surface area contributed by atoms with Gasteiger partial charge in [0.05, 0.1) is 6.54 Å². The summed E-state index contributed by atoms with van der Waals surface area (Å²) in [6.07, 6.45) is -0.534. The molecule has 0 aliphatic carbocycles. The van der Waals surface area contributed by atoms with Crippen LogP contribution in [0.3, 0.4) is 0 Å². The number of carbonyl (C=O) groups is 1. The summed E-state index contributed by atoms with van der Waals surface area (Å²) in [7, 11) is 0. The summed E-state index contributed by atoms with van der Waals surface area (Å²) < 4.78 is 5.03. The zero-order valence-electron chi connectivity index (χ0n) is 8.80. The van der Waals surface area contributed by atoms with Gasteiger partial charge >= 0.3 is 6.09 Å². The first-order valence-corrected chi connectivity index (χ1v) is 5.12. The van der Waals surface area contributed by atoms with Crippen LogP contribution in [0.5, 0.6) is 5.75 Å². The fraction of sp³-hybridized carbons (Fsp3) is 0.364. The van der Waals surface area contributed by atoms with Gasteiger partial charge in [0, 0.05) is 13.1 Å². The molecule has 0 radical (unpaired) electrons. The molecule has 0 unspecified atom stereocenters. The Morgan fingerprint density at radius 1 is 1.44 bits per heavy atom. The van der Waals surface area contributed by atoms with Crippen molar-refractivity contribution >= 4 is 6.09 Å². The van der Waals surface area contributed by atoms with Gasteiger partial charge in [-0.05, 0) is 17.7 Å². The molecule has 0 saturated carbocycles. The molecule has 1 fully saturated rings. The number of hydrogen-bond donors (Lipinski definition) is 2. The molecule has 1 aromatic carbocycles. The number of carbonyl (C=O) groups excluding carboxylic acids is 1. The summed E-state index contributed by atoms with van der Waals surface area (Å²) in [5.41, 5.74) is 6.39. The van der Waals surface area contributed by atoms with E-state index >= 15 is 0 Å². The molecule has 16 heavy (non-hydrogen) atoms. The summed E-state index contributed by atoms with van der Waals surface area (Å²) in [4.78, 5) is 13.0. The van der Waals surface area contributed by atoms with Gasteiger partial charge < -0.3 is 20.5 Å². The Labute approximate surface area is 93.4 Å². The maximum Gasteiger partial charge on any atom is 0.410 e. The number of ether oxygens (including phenoxy) is 1. The molecule has 5 heteroatoms. The molecule has 5 nitrogen and oxygen atoms in total. The van der Waals surface area contributed by atoms with E-state index in [-0.39, 0.29) is 17.9 Å². The van der Waals surface area contributed by atoms with Crippen LogP contribution >= 0.6 is 0 Å². The van der Waals surface area contributed by atoms with Crippen molar-refractivity contribution in [1.82, 2.24) is 4.90 Å². The predicted molar refractivity (Wildman–Crippen MR) is 57.8 cm³/mol. The third kappa shape index (κ3) is 2.25. The third-order valence-corrected chi connectivity index (χ3v) is 2.52. The smallest absolute Gasteiger partial charge is 0.410 e. The van der Waals surface area contributed by atoms with Crippen molar-refractivity contribution in [1.29, 1.82) is 0 Å². The van der Waals surface area contributed by atoms with Crippen molar-refractivity contribution in [3.63, 3.8) is 0 Å². The second kappa shape index (κ2) is 4.40. The first-order valence-electron chi connectivity index (χ1n) is 5.12. The molecule has 0 aromatic heterocycles. The summed E-state index contributed by atoms with van der Waals surface area (Å²) >= 11 is 0. The van der Waals surface area contributed by atoms with E-state index in [0.717, 1.165) is 5.56 Å². The van der Waals surface area contributed by atoms with Gasteiger partial charge in [-0.1, -0.05) is 12.1 Å². The van der Waals surface area contributed by atoms with Crippen molar-refractivity contribution in [2.75, 3.05) is 13.1 Å². The minimum absolute atomic E-state index is 0.204. The van der Waals surface area contributed by atoms with Crippen molar-refractivity contribution in [2.24, 2.45) is 5.73 Å². The van der Waals surface area contributed by atoms with Crippen LogP contribution in [-0.2, 0) is 11.3 Å². The van der Waals surface area contributed by atoms with Crippen LogP contribution in [0.4, 0.5) is 4.79 Å². The zero-order valence-corrected chi connectivity index (χ0v) is 8.80. The van der Waals surface area contributed by atoms with Gasteiger partial charge in [0.15, 0.2) is 0 Å². The fourth-order valence-electron chi connectivity index (χ4n) is 1.65. The van der Waals surface area contributed by atoms with Crippen molar-refractivity contribution in [2.45, 2.75) is 12.6 Å². The number of cyclic esters (lactones) is 1. The van der Waals surface area contributed by atoms with Gasteiger partial charge in [-0.2, -0.15) is 0 Å². The standard InChI is InChI=1S/C11H14N2O3/c12-5-10-7-13(11(15)16-10)6-8-1-3-9(14)4-2-8/h1-4,10,14H,5-7,12H2/t10-/m0/s1. The minimum Gasteiger partial charge on any atom is -0.508 e. The molecule has 1 aliphatic rings. The largest absolute Gasteiger partial charge is 0.508 e. The number of amides is 1. The van der Waals surface area contributed by atoms with Crippen LogP contribution in [0.2, 0.25) is 0 Å². The van der Waals surface area contributed by atoms with E-state index in [1.165, 1.54) is 0 Å². The van der Waals surface area contributed by atoms with Crippen LogP contribution in [0.1, 0.15) is 5.56 Å². The van der Waals surface area contributed by atoms with Gasteiger partial charge in [0.1, 0.15) is 11.9 Å². The molecular weight excluding hydrogens is 208 g/mol. The average molecular weight is 222 g/mol. The number of aromatic hydroxyl groups is 1.